The van der Waals surface area contributed by atoms with Gasteiger partial charge in [-0.3, -0.25) is 9.69 Å². The smallest absolute Gasteiger partial charge is 0.285 e. The van der Waals surface area contributed by atoms with Crippen LogP contribution in [0.2, 0.25) is 0 Å². The molecule has 2 rings (SSSR count). The zero-order valence-corrected chi connectivity index (χ0v) is 11.1. The first-order chi connectivity index (χ1) is 7.91. The number of anilines is 1. The molecular formula is C7H8FN3O3S3. The van der Waals surface area contributed by atoms with Crippen LogP contribution in [0.3, 0.4) is 0 Å². The fourth-order valence-corrected chi connectivity index (χ4v) is 3.36. The quantitative estimate of drug-likeness (QED) is 0.602. The molecule has 10 heteroatoms. The van der Waals surface area contributed by atoms with E-state index < -0.39 is 21.4 Å². The molecule has 0 aromatic carbocycles. The fraction of sp³-hybridized carbons (Fsp3) is 0.571. The summed E-state index contributed by atoms with van der Waals surface area (Å²) >= 11 is 2.31. The van der Waals surface area contributed by atoms with Crippen LogP contribution in [0.25, 0.3) is 0 Å². The molecule has 1 aliphatic rings. The lowest BCUT2D eigenvalue weighted by Gasteiger charge is -2.10. The Morgan fingerprint density at radius 1 is 1.59 bits per heavy atom. The third-order valence-corrected chi connectivity index (χ3v) is 4.81. The summed E-state index contributed by atoms with van der Waals surface area (Å²) in [4.78, 5) is 16.8. The first kappa shape index (κ1) is 12.7. The van der Waals surface area contributed by atoms with Crippen LogP contribution >= 0.6 is 23.3 Å². The van der Waals surface area contributed by atoms with E-state index in [4.69, 9.17) is 0 Å². The Morgan fingerprint density at radius 3 is 2.76 bits per heavy atom. The van der Waals surface area contributed by atoms with Crippen molar-refractivity contribution in [1.29, 1.82) is 0 Å². The van der Waals surface area contributed by atoms with Crippen molar-refractivity contribution < 1.29 is 17.1 Å². The molecular weight excluding hydrogens is 289 g/mol. The second-order valence-electron chi connectivity index (χ2n) is 3.37. The van der Waals surface area contributed by atoms with E-state index in [-0.39, 0.29) is 13.0 Å². The molecule has 1 aliphatic heterocycles. The zero-order valence-electron chi connectivity index (χ0n) is 8.66. The summed E-state index contributed by atoms with van der Waals surface area (Å²) in [7, 11) is -4.69. The van der Waals surface area contributed by atoms with Gasteiger partial charge in [-0.15, -0.1) is 3.89 Å². The summed E-state index contributed by atoms with van der Waals surface area (Å²) in [5.41, 5.74) is 0. The molecule has 0 aliphatic carbocycles. The van der Waals surface area contributed by atoms with Crippen molar-refractivity contribution in [2.24, 2.45) is 0 Å². The van der Waals surface area contributed by atoms with E-state index in [1.165, 1.54) is 16.7 Å². The normalized spacial score (nSPS) is 21.2. The average Bonchev–Trinajstić information content (AvgIpc) is 2.82. The standard InChI is InChI=1S/C7H8FN3O3S3/c1-15-6-9-7(16-10-6)11-3-4(2-5(11)12)17(8,13)14/h4H,2-3H2,1H3. The van der Waals surface area contributed by atoms with Crippen LogP contribution in [-0.2, 0) is 15.0 Å². The lowest BCUT2D eigenvalue weighted by molar-refractivity contribution is -0.117. The highest BCUT2D eigenvalue weighted by Gasteiger charge is 2.40. The van der Waals surface area contributed by atoms with E-state index in [1.807, 2.05) is 0 Å². The zero-order chi connectivity index (χ0) is 12.6. The van der Waals surface area contributed by atoms with Gasteiger partial charge in [0.1, 0.15) is 5.25 Å². The third kappa shape index (κ3) is 2.58. The summed E-state index contributed by atoms with van der Waals surface area (Å²) in [6.45, 7) is -0.194. The van der Waals surface area contributed by atoms with Gasteiger partial charge in [0.25, 0.3) is 0 Å². The largest absolute Gasteiger partial charge is 0.307 e. The number of rotatable bonds is 3. The Morgan fingerprint density at radius 2 is 2.29 bits per heavy atom. The minimum absolute atomic E-state index is 0.194. The van der Waals surface area contributed by atoms with Gasteiger partial charge in [0.05, 0.1) is 0 Å². The highest BCUT2D eigenvalue weighted by atomic mass is 32.3. The number of carbonyl (C=O) groups excluding carboxylic acids is 1. The number of carbonyl (C=O) groups is 1. The van der Waals surface area contributed by atoms with Gasteiger partial charge in [-0.05, 0) is 6.26 Å². The van der Waals surface area contributed by atoms with Gasteiger partial charge in [-0.1, -0.05) is 11.8 Å². The summed E-state index contributed by atoms with van der Waals surface area (Å²) in [5.74, 6) is -0.444. The molecule has 6 nitrogen and oxygen atoms in total. The van der Waals surface area contributed by atoms with Crippen LogP contribution < -0.4 is 4.90 Å². The van der Waals surface area contributed by atoms with Crippen molar-refractivity contribution in [3.05, 3.63) is 0 Å². The van der Waals surface area contributed by atoms with Crippen LogP contribution in [-0.4, -0.2) is 41.7 Å². The summed E-state index contributed by atoms with van der Waals surface area (Å²) in [6.07, 6.45) is 1.44. The molecule has 1 unspecified atom stereocenters. The van der Waals surface area contributed by atoms with Crippen molar-refractivity contribution in [2.75, 3.05) is 17.7 Å². The van der Waals surface area contributed by atoms with Crippen LogP contribution in [0.4, 0.5) is 9.02 Å². The Bertz CT molecular complexity index is 544. The number of thioether (sulfide) groups is 1. The predicted molar refractivity (Wildman–Crippen MR) is 62.5 cm³/mol. The van der Waals surface area contributed by atoms with Gasteiger partial charge in [-0.25, -0.2) is 0 Å². The number of aromatic nitrogens is 2. The summed E-state index contributed by atoms with van der Waals surface area (Å²) in [5, 5.41) is -0.480. The van der Waals surface area contributed by atoms with Crippen LogP contribution in [0.1, 0.15) is 6.42 Å². The third-order valence-electron chi connectivity index (χ3n) is 2.30. The van der Waals surface area contributed by atoms with Crippen molar-refractivity contribution in [1.82, 2.24) is 9.36 Å². The number of hydrogen-bond donors (Lipinski definition) is 0. The van der Waals surface area contributed by atoms with E-state index in [9.17, 15) is 17.1 Å². The van der Waals surface area contributed by atoms with Crippen molar-refractivity contribution in [3.63, 3.8) is 0 Å². The second-order valence-corrected chi connectivity index (χ2v) is 6.49. The molecule has 94 valence electrons. The molecule has 0 N–H and O–H groups in total. The van der Waals surface area contributed by atoms with Crippen LogP contribution in [0, 0.1) is 0 Å². The average molecular weight is 297 g/mol. The van der Waals surface area contributed by atoms with E-state index in [1.54, 1.807) is 6.26 Å². The SMILES string of the molecule is CSc1nsc(N2CC(S(=O)(=O)F)CC2=O)n1. The highest BCUT2D eigenvalue weighted by Crippen LogP contribution is 2.28. The van der Waals surface area contributed by atoms with Gasteiger partial charge < -0.3 is 0 Å². The van der Waals surface area contributed by atoms with E-state index in [0.29, 0.717) is 10.3 Å². The van der Waals surface area contributed by atoms with Crippen molar-refractivity contribution in [2.45, 2.75) is 16.8 Å². The maximum Gasteiger partial charge on any atom is 0.307 e. The first-order valence-corrected chi connectivity index (χ1v) is 7.98. The van der Waals surface area contributed by atoms with Crippen molar-refractivity contribution >= 4 is 44.6 Å². The molecule has 17 heavy (non-hydrogen) atoms. The lowest BCUT2D eigenvalue weighted by atomic mass is 10.4. The maximum atomic E-state index is 12.8. The molecule has 0 bridgehead atoms. The van der Waals surface area contributed by atoms with Gasteiger partial charge in [0.15, 0.2) is 0 Å². The molecule has 0 spiro atoms. The monoisotopic (exact) mass is 297 g/mol. The number of nitrogens with zero attached hydrogens (tertiary/aromatic N) is 3. The van der Waals surface area contributed by atoms with E-state index in [0.717, 1.165) is 11.5 Å². The second kappa shape index (κ2) is 4.50. The Balaban J connectivity index is 2.21. The predicted octanol–water partition coefficient (Wildman–Crippen LogP) is 0.665. The molecule has 0 radical (unpaired) electrons. The summed E-state index contributed by atoms with van der Waals surface area (Å²) < 4.78 is 38.2. The molecule has 1 aromatic rings. The van der Waals surface area contributed by atoms with Crippen molar-refractivity contribution in [3.8, 4) is 0 Å². The Hall–Kier alpha value is -0.740. The molecule has 1 amide bonds. The number of halogens is 1. The first-order valence-electron chi connectivity index (χ1n) is 4.53. The molecule has 1 aromatic heterocycles. The fourth-order valence-electron chi connectivity index (χ4n) is 1.44. The number of amides is 1. The maximum absolute atomic E-state index is 12.8. The topological polar surface area (TPSA) is 80.2 Å². The van der Waals surface area contributed by atoms with E-state index >= 15 is 0 Å². The summed E-state index contributed by atoms with van der Waals surface area (Å²) in [6, 6.07) is 0. The lowest BCUT2D eigenvalue weighted by Crippen LogP contribution is -2.26. The van der Waals surface area contributed by atoms with E-state index in [2.05, 4.69) is 9.36 Å². The Kier molecular flexibility index (Phi) is 3.36. The Labute approximate surface area is 106 Å². The molecule has 1 saturated heterocycles. The molecule has 2 heterocycles. The van der Waals surface area contributed by atoms with Gasteiger partial charge in [0.2, 0.25) is 16.2 Å². The molecule has 1 atom stereocenters. The van der Waals surface area contributed by atoms with Crippen LogP contribution in [0.15, 0.2) is 5.16 Å². The minimum atomic E-state index is -4.69. The highest BCUT2D eigenvalue weighted by molar-refractivity contribution is 7.98. The van der Waals surface area contributed by atoms with Gasteiger partial charge >= 0.3 is 10.2 Å². The minimum Gasteiger partial charge on any atom is -0.285 e. The van der Waals surface area contributed by atoms with Gasteiger partial charge in [-0.2, -0.15) is 17.8 Å². The molecule has 1 fully saturated rings. The van der Waals surface area contributed by atoms with Crippen LogP contribution in [0.5, 0.6) is 0 Å². The molecule has 0 saturated carbocycles. The van der Waals surface area contributed by atoms with Gasteiger partial charge in [0, 0.05) is 24.5 Å². The number of hydrogen-bond acceptors (Lipinski definition) is 7.